The van der Waals surface area contributed by atoms with E-state index in [9.17, 15) is 14.0 Å². The Morgan fingerprint density at radius 3 is 2.54 bits per heavy atom. The third-order valence-corrected chi connectivity index (χ3v) is 5.52. The molecule has 26 heavy (non-hydrogen) atoms. The van der Waals surface area contributed by atoms with Crippen molar-refractivity contribution in [1.82, 2.24) is 10.6 Å². The molecule has 2 amide bonds. The van der Waals surface area contributed by atoms with Gasteiger partial charge in [0.1, 0.15) is 5.82 Å². The first-order chi connectivity index (χ1) is 12.6. The highest BCUT2D eigenvalue weighted by molar-refractivity contribution is 7.08. The van der Waals surface area contributed by atoms with Crippen molar-refractivity contribution in [2.24, 2.45) is 5.92 Å². The lowest BCUT2D eigenvalue weighted by Gasteiger charge is -2.25. The largest absolute Gasteiger partial charge is 0.351 e. The summed E-state index contributed by atoms with van der Waals surface area (Å²) in [6, 6.07) is 8.02. The maximum absolute atomic E-state index is 13.2. The van der Waals surface area contributed by atoms with Gasteiger partial charge in [-0.05, 0) is 47.9 Å². The molecule has 2 N–H and O–H groups in total. The van der Waals surface area contributed by atoms with Crippen LogP contribution in [0, 0.1) is 11.7 Å². The molecule has 3 rings (SSSR count). The van der Waals surface area contributed by atoms with Gasteiger partial charge in [0.05, 0.1) is 6.04 Å². The molecule has 1 aliphatic rings. The van der Waals surface area contributed by atoms with Gasteiger partial charge in [0.2, 0.25) is 5.91 Å². The zero-order valence-corrected chi connectivity index (χ0v) is 15.4. The van der Waals surface area contributed by atoms with Crippen molar-refractivity contribution in [3.8, 4) is 0 Å². The Bertz CT molecular complexity index is 725. The molecule has 1 aromatic heterocycles. The van der Waals surface area contributed by atoms with Gasteiger partial charge in [-0.1, -0.05) is 25.0 Å². The van der Waals surface area contributed by atoms with Gasteiger partial charge >= 0.3 is 0 Å². The third-order valence-electron chi connectivity index (χ3n) is 4.84. The summed E-state index contributed by atoms with van der Waals surface area (Å²) in [6.07, 6.45) is 4.68. The summed E-state index contributed by atoms with van der Waals surface area (Å²) in [5, 5.41) is 9.48. The van der Waals surface area contributed by atoms with Crippen LogP contribution in [-0.4, -0.2) is 18.4 Å². The van der Waals surface area contributed by atoms with Gasteiger partial charge in [-0.25, -0.2) is 4.39 Å². The molecule has 1 fully saturated rings. The number of hydrogen-bond acceptors (Lipinski definition) is 3. The molecular formula is C20H23FN2O2S. The van der Waals surface area contributed by atoms with E-state index in [1.54, 1.807) is 23.6 Å². The van der Waals surface area contributed by atoms with Gasteiger partial charge in [0.25, 0.3) is 5.91 Å². The molecule has 1 saturated carbocycles. The summed E-state index contributed by atoms with van der Waals surface area (Å²) in [7, 11) is 0. The highest BCUT2D eigenvalue weighted by Crippen LogP contribution is 2.35. The molecular weight excluding hydrogens is 351 g/mol. The first-order valence-corrected chi connectivity index (χ1v) is 9.93. The average molecular weight is 374 g/mol. The number of halogens is 1. The minimum Gasteiger partial charge on any atom is -0.351 e. The Hall–Kier alpha value is -2.21. The fourth-order valence-electron chi connectivity index (χ4n) is 3.47. The van der Waals surface area contributed by atoms with Crippen molar-refractivity contribution < 1.29 is 14.0 Å². The van der Waals surface area contributed by atoms with E-state index in [2.05, 4.69) is 10.6 Å². The molecule has 1 aromatic carbocycles. The zero-order valence-electron chi connectivity index (χ0n) is 14.5. The molecule has 0 spiro atoms. The molecule has 4 nitrogen and oxygen atoms in total. The van der Waals surface area contributed by atoms with Gasteiger partial charge < -0.3 is 10.6 Å². The fourth-order valence-corrected chi connectivity index (χ4v) is 4.10. The van der Waals surface area contributed by atoms with Crippen LogP contribution in [0.15, 0.2) is 41.1 Å². The number of thiophene rings is 1. The lowest BCUT2D eigenvalue weighted by molar-refractivity contribution is -0.122. The Labute approximate surface area is 156 Å². The lowest BCUT2D eigenvalue weighted by Crippen LogP contribution is -2.35. The van der Waals surface area contributed by atoms with Crippen LogP contribution in [0.1, 0.15) is 54.1 Å². The van der Waals surface area contributed by atoms with Gasteiger partial charge in [-0.2, -0.15) is 11.3 Å². The molecule has 0 saturated heterocycles. The van der Waals surface area contributed by atoms with Crippen LogP contribution in [0.3, 0.4) is 0 Å². The zero-order chi connectivity index (χ0) is 18.4. The minimum absolute atomic E-state index is 0.0989. The van der Waals surface area contributed by atoms with E-state index in [0.717, 1.165) is 31.2 Å². The van der Waals surface area contributed by atoms with Crippen molar-refractivity contribution >= 4 is 23.2 Å². The SMILES string of the molecule is O=C(CCNC(=O)c1ccsc1)N[C@@H](c1ccc(F)cc1)C1CCCC1. The van der Waals surface area contributed by atoms with Gasteiger partial charge in [-0.3, -0.25) is 9.59 Å². The molecule has 0 bridgehead atoms. The highest BCUT2D eigenvalue weighted by Gasteiger charge is 2.27. The molecule has 0 aliphatic heterocycles. The van der Waals surface area contributed by atoms with E-state index >= 15 is 0 Å². The van der Waals surface area contributed by atoms with Crippen molar-refractivity contribution in [2.45, 2.75) is 38.1 Å². The third kappa shape index (κ3) is 4.91. The summed E-state index contributed by atoms with van der Waals surface area (Å²) in [5.74, 6) is -0.159. The quantitative estimate of drug-likeness (QED) is 0.768. The number of amides is 2. The van der Waals surface area contributed by atoms with Crippen LogP contribution in [0.25, 0.3) is 0 Å². The summed E-state index contributed by atoms with van der Waals surface area (Å²) in [5.41, 5.74) is 1.56. The van der Waals surface area contributed by atoms with E-state index in [1.165, 1.54) is 23.5 Å². The Morgan fingerprint density at radius 1 is 1.15 bits per heavy atom. The van der Waals surface area contributed by atoms with E-state index in [0.29, 0.717) is 18.0 Å². The Balaban J connectivity index is 1.55. The maximum Gasteiger partial charge on any atom is 0.252 e. The maximum atomic E-state index is 13.2. The van der Waals surface area contributed by atoms with E-state index in [1.807, 2.05) is 5.38 Å². The van der Waals surface area contributed by atoms with Crippen molar-refractivity contribution in [2.75, 3.05) is 6.54 Å². The highest BCUT2D eigenvalue weighted by atomic mass is 32.1. The summed E-state index contributed by atoms with van der Waals surface area (Å²) in [4.78, 5) is 24.3. The van der Waals surface area contributed by atoms with Crippen LogP contribution in [0.2, 0.25) is 0 Å². The number of benzene rings is 1. The number of nitrogens with one attached hydrogen (secondary N) is 2. The summed E-state index contributed by atoms with van der Waals surface area (Å²) >= 11 is 1.46. The standard InChI is InChI=1S/C20H23FN2O2S/c21-17-7-5-15(6-8-17)19(14-3-1-2-4-14)23-18(24)9-11-22-20(25)16-10-12-26-13-16/h5-8,10,12-14,19H,1-4,9,11H2,(H,22,25)(H,23,24)/t19-/m1/s1. The van der Waals surface area contributed by atoms with Crippen LogP contribution in [0.5, 0.6) is 0 Å². The van der Waals surface area contributed by atoms with Crippen LogP contribution in [-0.2, 0) is 4.79 Å². The smallest absolute Gasteiger partial charge is 0.252 e. The van der Waals surface area contributed by atoms with Gasteiger partial charge in [0, 0.05) is 23.9 Å². The topological polar surface area (TPSA) is 58.2 Å². The fraction of sp³-hybridized carbons (Fsp3) is 0.400. The predicted octanol–water partition coefficient (Wildman–Crippen LogP) is 4.05. The number of carbonyl (C=O) groups is 2. The average Bonchev–Trinajstić information content (AvgIpc) is 3.34. The monoisotopic (exact) mass is 374 g/mol. The molecule has 2 aromatic rings. The number of rotatable bonds is 7. The molecule has 6 heteroatoms. The minimum atomic E-state index is -0.276. The van der Waals surface area contributed by atoms with E-state index in [4.69, 9.17) is 0 Å². The Morgan fingerprint density at radius 2 is 1.88 bits per heavy atom. The number of hydrogen-bond donors (Lipinski definition) is 2. The normalized spacial score (nSPS) is 15.6. The molecule has 0 unspecified atom stereocenters. The molecule has 138 valence electrons. The van der Waals surface area contributed by atoms with Crippen LogP contribution >= 0.6 is 11.3 Å². The Kier molecular flexibility index (Phi) is 6.39. The molecule has 1 heterocycles. The van der Waals surface area contributed by atoms with Crippen molar-refractivity contribution in [3.05, 3.63) is 58.0 Å². The molecule has 1 aliphatic carbocycles. The van der Waals surface area contributed by atoms with E-state index < -0.39 is 0 Å². The second-order valence-electron chi connectivity index (χ2n) is 6.66. The second kappa shape index (κ2) is 8.94. The van der Waals surface area contributed by atoms with Crippen LogP contribution < -0.4 is 10.6 Å². The van der Waals surface area contributed by atoms with E-state index in [-0.39, 0.29) is 30.1 Å². The van der Waals surface area contributed by atoms with Crippen molar-refractivity contribution in [1.29, 1.82) is 0 Å². The van der Waals surface area contributed by atoms with Gasteiger partial charge in [-0.15, -0.1) is 0 Å². The molecule has 1 atom stereocenters. The lowest BCUT2D eigenvalue weighted by atomic mass is 9.91. The predicted molar refractivity (Wildman–Crippen MR) is 101 cm³/mol. The molecule has 0 radical (unpaired) electrons. The second-order valence-corrected chi connectivity index (χ2v) is 7.44. The first kappa shape index (κ1) is 18.6. The number of carbonyl (C=O) groups excluding carboxylic acids is 2. The summed E-state index contributed by atoms with van der Waals surface area (Å²) < 4.78 is 13.2. The van der Waals surface area contributed by atoms with Crippen molar-refractivity contribution in [3.63, 3.8) is 0 Å². The van der Waals surface area contributed by atoms with Crippen LogP contribution in [0.4, 0.5) is 4.39 Å². The van der Waals surface area contributed by atoms with Gasteiger partial charge in [0.15, 0.2) is 0 Å². The first-order valence-electron chi connectivity index (χ1n) is 8.98. The summed E-state index contributed by atoms with van der Waals surface area (Å²) in [6.45, 7) is 0.293.